The van der Waals surface area contributed by atoms with Crippen LogP contribution in [-0.4, -0.2) is 11.2 Å². The zero-order valence-corrected chi connectivity index (χ0v) is 5.82. The van der Waals surface area contributed by atoms with Crippen LogP contribution in [0.3, 0.4) is 0 Å². The smallest absolute Gasteiger partial charge is 0.240 e. The molecule has 0 unspecified atom stereocenters. The topological polar surface area (TPSA) is 49.7 Å². The first kappa shape index (κ1) is 7.66. The molecular weight excluding hydrogens is 142 g/mol. The molecule has 0 radical (unpaired) electrons. The second-order valence-electron chi connectivity index (χ2n) is 1.99. The molecule has 3 nitrogen and oxygen atoms in total. The summed E-state index contributed by atoms with van der Waals surface area (Å²) in [6, 6.07) is 6.87. The largest absolute Gasteiger partial charge is 0.392 e. The fourth-order valence-electron chi connectivity index (χ4n) is 0.803. The van der Waals surface area contributed by atoms with Gasteiger partial charge < -0.3 is 5.11 Å². The van der Waals surface area contributed by atoms with Gasteiger partial charge in [-0.2, -0.15) is 4.99 Å². The molecule has 0 heterocycles. The molecule has 0 aliphatic rings. The number of aliphatic hydroxyl groups is 1. The fraction of sp³-hybridized carbons (Fsp3) is 0.125. The average molecular weight is 149 g/mol. The van der Waals surface area contributed by atoms with Crippen LogP contribution in [0.25, 0.3) is 0 Å². The zero-order valence-electron chi connectivity index (χ0n) is 5.82. The van der Waals surface area contributed by atoms with Crippen LogP contribution in [-0.2, 0) is 11.4 Å². The van der Waals surface area contributed by atoms with Gasteiger partial charge in [-0.25, -0.2) is 4.79 Å². The van der Waals surface area contributed by atoms with Crippen molar-refractivity contribution < 1.29 is 9.90 Å². The number of hydrogen-bond acceptors (Lipinski definition) is 3. The van der Waals surface area contributed by atoms with Gasteiger partial charge in [0, 0.05) is 5.56 Å². The number of aliphatic imine (C=N–C) groups is 1. The van der Waals surface area contributed by atoms with E-state index in [1.807, 2.05) is 0 Å². The SMILES string of the molecule is O=C=Nc1ccccc1CO. The fourth-order valence-corrected chi connectivity index (χ4v) is 0.803. The predicted molar refractivity (Wildman–Crippen MR) is 40.1 cm³/mol. The minimum absolute atomic E-state index is 0.110. The van der Waals surface area contributed by atoms with E-state index < -0.39 is 0 Å². The molecule has 11 heavy (non-hydrogen) atoms. The lowest BCUT2D eigenvalue weighted by Gasteiger charge is -1.97. The van der Waals surface area contributed by atoms with Crippen molar-refractivity contribution in [3.63, 3.8) is 0 Å². The molecule has 1 rings (SSSR count). The van der Waals surface area contributed by atoms with Crippen LogP contribution >= 0.6 is 0 Å². The van der Waals surface area contributed by atoms with Crippen molar-refractivity contribution in [3.8, 4) is 0 Å². The Morgan fingerprint density at radius 3 is 2.82 bits per heavy atom. The molecular formula is C8H7NO2. The molecule has 0 saturated carbocycles. The Morgan fingerprint density at radius 1 is 1.45 bits per heavy atom. The molecule has 0 bridgehead atoms. The Labute approximate surface area is 64.0 Å². The van der Waals surface area contributed by atoms with Crippen molar-refractivity contribution in [2.45, 2.75) is 6.61 Å². The van der Waals surface area contributed by atoms with Crippen molar-refractivity contribution >= 4 is 11.8 Å². The van der Waals surface area contributed by atoms with Crippen molar-refractivity contribution in [2.24, 2.45) is 4.99 Å². The van der Waals surface area contributed by atoms with E-state index in [9.17, 15) is 4.79 Å². The summed E-state index contributed by atoms with van der Waals surface area (Å²) in [5.74, 6) is 0. The van der Waals surface area contributed by atoms with Crippen LogP contribution in [0.15, 0.2) is 29.3 Å². The summed E-state index contributed by atoms with van der Waals surface area (Å²) in [7, 11) is 0. The predicted octanol–water partition coefficient (Wildman–Crippen LogP) is 1.15. The number of aliphatic hydroxyl groups excluding tert-OH is 1. The third-order valence-corrected chi connectivity index (χ3v) is 1.33. The summed E-state index contributed by atoms with van der Waals surface area (Å²) in [5.41, 5.74) is 1.11. The van der Waals surface area contributed by atoms with Crippen LogP contribution in [0.1, 0.15) is 5.56 Å². The number of isocyanates is 1. The number of para-hydroxylation sites is 1. The van der Waals surface area contributed by atoms with E-state index in [1.54, 1.807) is 24.3 Å². The molecule has 0 aliphatic heterocycles. The van der Waals surface area contributed by atoms with Crippen molar-refractivity contribution in [3.05, 3.63) is 29.8 Å². The molecule has 0 atom stereocenters. The highest BCUT2D eigenvalue weighted by Gasteiger charge is 1.95. The van der Waals surface area contributed by atoms with E-state index in [4.69, 9.17) is 5.11 Å². The standard InChI is InChI=1S/C8H7NO2/c10-5-7-3-1-2-4-8(7)9-6-11/h1-4,10H,5H2. The molecule has 1 aromatic carbocycles. The van der Waals surface area contributed by atoms with Gasteiger partial charge in [0.1, 0.15) is 0 Å². The summed E-state index contributed by atoms with van der Waals surface area (Å²) in [6.07, 6.45) is 1.42. The van der Waals surface area contributed by atoms with Gasteiger partial charge in [-0.3, -0.25) is 0 Å². The molecule has 3 heteroatoms. The average Bonchev–Trinajstić information content (AvgIpc) is 2.06. The maximum atomic E-state index is 9.87. The quantitative estimate of drug-likeness (QED) is 0.506. The van der Waals surface area contributed by atoms with E-state index in [2.05, 4.69) is 4.99 Å². The minimum Gasteiger partial charge on any atom is -0.392 e. The molecule has 56 valence electrons. The van der Waals surface area contributed by atoms with Gasteiger partial charge in [0.25, 0.3) is 0 Å². The molecule has 0 fully saturated rings. The van der Waals surface area contributed by atoms with Crippen LogP contribution < -0.4 is 0 Å². The molecule has 0 amide bonds. The number of carbonyl (C=O) groups excluding carboxylic acids is 1. The molecule has 0 spiro atoms. The normalized spacial score (nSPS) is 8.82. The van der Waals surface area contributed by atoms with Gasteiger partial charge in [-0.1, -0.05) is 18.2 Å². The van der Waals surface area contributed by atoms with Crippen molar-refractivity contribution in [1.82, 2.24) is 0 Å². The first-order chi connectivity index (χ1) is 5.38. The minimum atomic E-state index is -0.110. The summed E-state index contributed by atoms with van der Waals surface area (Å²) < 4.78 is 0. The van der Waals surface area contributed by atoms with Gasteiger partial charge in [0.15, 0.2) is 0 Å². The molecule has 0 aliphatic carbocycles. The number of rotatable bonds is 2. The van der Waals surface area contributed by atoms with Gasteiger partial charge in [-0.05, 0) is 6.07 Å². The summed E-state index contributed by atoms with van der Waals surface area (Å²) >= 11 is 0. The lowest BCUT2D eigenvalue weighted by molar-refractivity contribution is 0.282. The second kappa shape index (κ2) is 3.66. The first-order valence-electron chi connectivity index (χ1n) is 3.15. The number of benzene rings is 1. The highest BCUT2D eigenvalue weighted by Crippen LogP contribution is 2.16. The Morgan fingerprint density at radius 2 is 2.18 bits per heavy atom. The lowest BCUT2D eigenvalue weighted by atomic mass is 10.2. The highest BCUT2D eigenvalue weighted by molar-refractivity contribution is 5.53. The third kappa shape index (κ3) is 1.74. The van der Waals surface area contributed by atoms with Gasteiger partial charge in [0.2, 0.25) is 6.08 Å². The van der Waals surface area contributed by atoms with Crippen LogP contribution in [0.4, 0.5) is 5.69 Å². The highest BCUT2D eigenvalue weighted by atomic mass is 16.3. The number of nitrogens with zero attached hydrogens (tertiary/aromatic N) is 1. The molecule has 1 N–H and O–H groups in total. The van der Waals surface area contributed by atoms with Crippen LogP contribution in [0.5, 0.6) is 0 Å². The molecule has 1 aromatic rings. The Hall–Kier alpha value is -1.44. The second-order valence-corrected chi connectivity index (χ2v) is 1.99. The number of hydrogen-bond donors (Lipinski definition) is 1. The van der Waals surface area contributed by atoms with Crippen molar-refractivity contribution in [2.75, 3.05) is 0 Å². The van der Waals surface area contributed by atoms with Crippen LogP contribution in [0, 0.1) is 0 Å². The van der Waals surface area contributed by atoms with Crippen LogP contribution in [0.2, 0.25) is 0 Å². The summed E-state index contributed by atoms with van der Waals surface area (Å²) in [6.45, 7) is -0.110. The third-order valence-electron chi connectivity index (χ3n) is 1.33. The first-order valence-corrected chi connectivity index (χ1v) is 3.15. The Bertz CT molecular complexity index is 290. The monoisotopic (exact) mass is 149 g/mol. The Kier molecular flexibility index (Phi) is 2.55. The zero-order chi connectivity index (χ0) is 8.10. The van der Waals surface area contributed by atoms with Gasteiger partial charge in [0.05, 0.1) is 12.3 Å². The van der Waals surface area contributed by atoms with Gasteiger partial charge >= 0.3 is 0 Å². The maximum Gasteiger partial charge on any atom is 0.240 e. The lowest BCUT2D eigenvalue weighted by Crippen LogP contribution is -1.81. The molecule has 0 saturated heterocycles. The van der Waals surface area contributed by atoms with E-state index in [0.29, 0.717) is 11.3 Å². The van der Waals surface area contributed by atoms with E-state index in [0.717, 1.165) is 0 Å². The van der Waals surface area contributed by atoms with Gasteiger partial charge in [-0.15, -0.1) is 0 Å². The maximum absolute atomic E-state index is 9.87. The molecule has 0 aromatic heterocycles. The van der Waals surface area contributed by atoms with E-state index >= 15 is 0 Å². The summed E-state index contributed by atoms with van der Waals surface area (Å²) in [4.78, 5) is 13.3. The Balaban J connectivity index is 3.11. The van der Waals surface area contributed by atoms with E-state index in [1.165, 1.54) is 6.08 Å². The van der Waals surface area contributed by atoms with E-state index in [-0.39, 0.29) is 6.61 Å². The summed E-state index contributed by atoms with van der Waals surface area (Å²) in [5, 5.41) is 8.76. The van der Waals surface area contributed by atoms with Crippen molar-refractivity contribution in [1.29, 1.82) is 0 Å².